The topological polar surface area (TPSA) is 116 Å². The van der Waals surface area contributed by atoms with Crippen LogP contribution in [0.5, 0.6) is 0 Å². The predicted octanol–water partition coefficient (Wildman–Crippen LogP) is -0.523. The Kier molecular flexibility index (Phi) is 19.4. The Labute approximate surface area is 147 Å². The van der Waals surface area contributed by atoms with Crippen molar-refractivity contribution in [3.05, 3.63) is 50.6 Å². The van der Waals surface area contributed by atoms with Crippen molar-refractivity contribution in [2.24, 2.45) is 0 Å². The van der Waals surface area contributed by atoms with E-state index in [0.717, 1.165) is 13.8 Å². The number of hydrogen-bond acceptors (Lipinski definition) is 6. The zero-order valence-corrected chi connectivity index (χ0v) is 16.1. The second-order valence-electron chi connectivity index (χ2n) is 3.37. The number of hydrogen-bond donors (Lipinski definition) is 0. The van der Waals surface area contributed by atoms with Crippen LogP contribution in [0.15, 0.2) is 50.6 Å². The fraction of sp³-hybridized carbons (Fsp3) is 0.143. The molecule has 0 bridgehead atoms. The van der Waals surface area contributed by atoms with Crippen LogP contribution in [0.1, 0.15) is 13.8 Å². The molecule has 0 saturated heterocycles. The second kappa shape index (κ2) is 17.5. The number of imidazole rings is 2. The minimum Gasteiger partial charge on any atom is -0.550 e. The number of carbonyl (C=O) groups is 2. The minimum atomic E-state index is -1.08. The molecule has 0 spiro atoms. The maximum atomic E-state index is 8.89. The summed E-state index contributed by atoms with van der Waals surface area (Å²) < 4.78 is 3.56. The third-order valence-electron chi connectivity index (χ3n) is 1.47. The van der Waals surface area contributed by atoms with Crippen LogP contribution in [0.4, 0.5) is 0 Å². The van der Waals surface area contributed by atoms with Crippen LogP contribution >= 0.6 is 0 Å². The van der Waals surface area contributed by atoms with E-state index in [4.69, 9.17) is 19.8 Å². The van der Waals surface area contributed by atoms with E-state index in [1.165, 1.54) is 0 Å². The first-order valence-corrected chi connectivity index (χ1v) is 5.88. The van der Waals surface area contributed by atoms with Gasteiger partial charge in [-0.1, -0.05) is 13.2 Å². The van der Waals surface area contributed by atoms with Crippen molar-refractivity contribution in [2.45, 2.75) is 13.8 Å². The third kappa shape index (κ3) is 24.8. The molecule has 0 saturated carbocycles. The summed E-state index contributed by atoms with van der Waals surface area (Å²) in [5.74, 6) is -2.17. The quantitative estimate of drug-likeness (QED) is 0.656. The molecule has 0 radical (unpaired) electrons. The smallest absolute Gasteiger partial charge is 0.550 e. The molecular weight excluding hydrogens is 354 g/mol. The van der Waals surface area contributed by atoms with E-state index >= 15 is 0 Å². The first-order chi connectivity index (χ1) is 10.3. The second-order valence-corrected chi connectivity index (χ2v) is 3.37. The van der Waals surface area contributed by atoms with Gasteiger partial charge in [0.2, 0.25) is 0 Å². The summed E-state index contributed by atoms with van der Waals surface area (Å²) in [7, 11) is 0. The maximum Gasteiger partial charge on any atom is 2.00 e. The first kappa shape index (κ1) is 25.4. The zero-order chi connectivity index (χ0) is 17.4. The number of aliphatic carboxylic acids is 2. The van der Waals surface area contributed by atoms with Gasteiger partial charge < -0.3 is 28.9 Å². The molecule has 0 aliphatic rings. The maximum absolute atomic E-state index is 8.89. The number of carboxylic acid groups (broad SMARTS) is 2. The van der Waals surface area contributed by atoms with Gasteiger partial charge in [0.25, 0.3) is 0 Å². The van der Waals surface area contributed by atoms with E-state index in [1.54, 1.807) is 46.6 Å². The molecule has 0 amide bonds. The Balaban J connectivity index is -0.000000238. The van der Waals surface area contributed by atoms with Gasteiger partial charge in [-0.05, 0) is 13.8 Å². The summed E-state index contributed by atoms with van der Waals surface area (Å²) in [6.07, 6.45) is 13.8. The summed E-state index contributed by atoms with van der Waals surface area (Å²) in [6, 6.07) is 0. The summed E-state index contributed by atoms with van der Waals surface area (Å²) in [6.45, 7) is 9.00. The Morgan fingerprint density at radius 3 is 1.26 bits per heavy atom. The average molecular weight is 372 g/mol. The first-order valence-electron chi connectivity index (χ1n) is 5.88. The van der Waals surface area contributed by atoms with Crippen molar-refractivity contribution in [1.82, 2.24) is 19.1 Å². The molecule has 2 aromatic heterocycles. The van der Waals surface area contributed by atoms with Crippen molar-refractivity contribution in [1.29, 1.82) is 0 Å². The average Bonchev–Trinajstić information content (AvgIpc) is 3.11. The van der Waals surface area contributed by atoms with Crippen molar-refractivity contribution in [3.63, 3.8) is 0 Å². The van der Waals surface area contributed by atoms with Gasteiger partial charge in [0.15, 0.2) is 0 Å². The van der Waals surface area contributed by atoms with Crippen LogP contribution in [-0.4, -0.2) is 31.0 Å². The van der Waals surface area contributed by atoms with E-state index in [9.17, 15) is 0 Å². The molecule has 120 valence electrons. The minimum absolute atomic E-state index is 0. The molecule has 0 atom stereocenters. The molecule has 0 aliphatic heterocycles. The molecule has 0 unspecified atom stereocenters. The van der Waals surface area contributed by atoms with Crippen molar-refractivity contribution < 1.29 is 39.3 Å². The Hall–Kier alpha value is -2.54. The van der Waals surface area contributed by atoms with E-state index in [2.05, 4.69) is 23.1 Å². The van der Waals surface area contributed by atoms with Gasteiger partial charge in [0.1, 0.15) is 0 Å². The number of carbonyl (C=O) groups excluding carboxylic acids is 2. The molecule has 2 aromatic rings. The largest absolute Gasteiger partial charge is 2.00 e. The van der Waals surface area contributed by atoms with Gasteiger partial charge in [-0.3, -0.25) is 0 Å². The van der Waals surface area contributed by atoms with Crippen LogP contribution in [-0.2, 0) is 29.1 Å². The van der Waals surface area contributed by atoms with Crippen LogP contribution in [0.2, 0.25) is 0 Å². The molecule has 2 rings (SSSR count). The van der Waals surface area contributed by atoms with E-state index in [0.29, 0.717) is 0 Å². The zero-order valence-electron chi connectivity index (χ0n) is 13.2. The number of nitrogens with zero attached hydrogens (tertiary/aromatic N) is 4. The monoisotopic (exact) mass is 370 g/mol. The SMILES string of the molecule is C=Cn1ccnc1.C=Cn1ccnc1.CC(=O)[O-].CC(=O)[O-].[Zn+2]. The number of rotatable bonds is 2. The van der Waals surface area contributed by atoms with Gasteiger partial charge in [0.05, 0.1) is 12.7 Å². The van der Waals surface area contributed by atoms with E-state index < -0.39 is 11.9 Å². The molecule has 2 heterocycles. The summed E-state index contributed by atoms with van der Waals surface area (Å²) >= 11 is 0. The van der Waals surface area contributed by atoms with Gasteiger partial charge in [-0.2, -0.15) is 0 Å². The van der Waals surface area contributed by atoms with E-state index in [-0.39, 0.29) is 19.5 Å². The Bertz CT molecular complexity index is 481. The van der Waals surface area contributed by atoms with Crippen molar-refractivity contribution >= 4 is 24.3 Å². The summed E-state index contributed by atoms with van der Waals surface area (Å²) in [4.78, 5) is 25.3. The molecular formula is C14H18N4O4Zn. The fourth-order valence-corrected chi connectivity index (χ4v) is 0.755. The van der Waals surface area contributed by atoms with Crippen LogP contribution in [0.3, 0.4) is 0 Å². The standard InChI is InChI=1S/2C5H6N2.2C2H4O2.Zn/c2*1-2-7-4-3-6-5-7;2*1-2(3)4;/h2*2-5H,1H2;2*1H3,(H,3,4);/q;;;;+2/p-2. The molecule has 0 N–H and O–H groups in total. The number of aromatic nitrogens is 4. The third-order valence-corrected chi connectivity index (χ3v) is 1.47. The van der Waals surface area contributed by atoms with Gasteiger partial charge >= 0.3 is 19.5 Å². The fourth-order valence-electron chi connectivity index (χ4n) is 0.755. The number of carboxylic acids is 2. The summed E-state index contributed by atoms with van der Waals surface area (Å²) in [5.41, 5.74) is 0. The molecule has 0 aromatic carbocycles. The Morgan fingerprint density at radius 2 is 1.17 bits per heavy atom. The predicted molar refractivity (Wildman–Crippen MR) is 78.6 cm³/mol. The van der Waals surface area contributed by atoms with Gasteiger partial charge in [0, 0.05) is 49.1 Å². The van der Waals surface area contributed by atoms with Crippen LogP contribution < -0.4 is 10.2 Å². The van der Waals surface area contributed by atoms with Gasteiger partial charge in [-0.25, -0.2) is 9.97 Å². The Morgan fingerprint density at radius 1 is 0.913 bits per heavy atom. The summed E-state index contributed by atoms with van der Waals surface area (Å²) in [5, 5.41) is 17.8. The molecule has 9 heteroatoms. The van der Waals surface area contributed by atoms with Crippen molar-refractivity contribution in [2.75, 3.05) is 0 Å². The van der Waals surface area contributed by atoms with E-state index in [1.807, 2.05) is 12.4 Å². The molecule has 23 heavy (non-hydrogen) atoms. The molecule has 0 aliphatic carbocycles. The molecule has 8 nitrogen and oxygen atoms in total. The molecule has 0 fully saturated rings. The van der Waals surface area contributed by atoms with Gasteiger partial charge in [-0.15, -0.1) is 0 Å². The van der Waals surface area contributed by atoms with Crippen LogP contribution in [0.25, 0.3) is 12.4 Å². The normalized spacial score (nSPS) is 7.39. The van der Waals surface area contributed by atoms with Crippen molar-refractivity contribution in [3.8, 4) is 0 Å². The van der Waals surface area contributed by atoms with Crippen LogP contribution in [0, 0.1) is 0 Å².